The number of methoxy groups -OCH3 is 1. The number of nitrogens with one attached hydrogen (secondary N) is 2. The minimum absolute atomic E-state index is 0.212. The van der Waals surface area contributed by atoms with Gasteiger partial charge >= 0.3 is 0 Å². The van der Waals surface area contributed by atoms with Crippen LogP contribution in [0.25, 0.3) is 11.0 Å². The van der Waals surface area contributed by atoms with Gasteiger partial charge in [0.15, 0.2) is 10.8 Å². The third-order valence-electron chi connectivity index (χ3n) is 3.85. The fourth-order valence-corrected chi connectivity index (χ4v) is 3.13. The van der Waals surface area contributed by atoms with Crippen molar-refractivity contribution in [3.8, 4) is 0 Å². The van der Waals surface area contributed by atoms with Crippen LogP contribution in [0.15, 0.2) is 35.7 Å². The lowest BCUT2D eigenvalue weighted by atomic mass is 10.3. The van der Waals surface area contributed by atoms with Crippen LogP contribution in [0.5, 0.6) is 0 Å². The second-order valence-corrected chi connectivity index (χ2v) is 7.01. The Morgan fingerprint density at radius 2 is 2.18 bits per heavy atom. The molecule has 0 fully saturated rings. The number of carbonyl (C=O) groups excluding carboxylic acids is 1. The molecule has 0 aromatic carbocycles. The van der Waals surface area contributed by atoms with E-state index in [0.717, 1.165) is 22.6 Å². The average Bonchev–Trinajstić information content (AvgIpc) is 3.12. The van der Waals surface area contributed by atoms with Crippen LogP contribution in [-0.2, 0) is 11.3 Å². The Bertz CT molecular complexity index is 917. The molecule has 0 unspecified atom stereocenters. The Balaban J connectivity index is 1.73. The van der Waals surface area contributed by atoms with Gasteiger partial charge in [0, 0.05) is 26.4 Å². The first kappa shape index (κ1) is 20.0. The van der Waals surface area contributed by atoms with Gasteiger partial charge in [-0.25, -0.2) is 14.6 Å². The van der Waals surface area contributed by atoms with Crippen molar-refractivity contribution in [1.82, 2.24) is 30.0 Å². The number of hydrogen-bond donors (Lipinski definition) is 2. The van der Waals surface area contributed by atoms with E-state index in [2.05, 4.69) is 37.6 Å². The number of rotatable bonds is 10. The Morgan fingerprint density at radius 1 is 1.29 bits per heavy atom. The maximum Gasteiger partial charge on any atom is 0.269 e. The van der Waals surface area contributed by atoms with Crippen molar-refractivity contribution in [1.29, 1.82) is 0 Å². The summed E-state index contributed by atoms with van der Waals surface area (Å²) >= 11 is 1.57. The lowest BCUT2D eigenvalue weighted by Gasteiger charge is -2.09. The van der Waals surface area contributed by atoms with Crippen molar-refractivity contribution >= 4 is 34.5 Å². The van der Waals surface area contributed by atoms with Crippen LogP contribution in [0, 0.1) is 0 Å². The molecule has 0 aliphatic heterocycles. The SMILES string of the molecule is CCSc1nc(NCCOC)c2cnn(CCNC(=O)c3ccccn3)c2n1. The molecular formula is C18H23N7O2S. The second-order valence-electron chi connectivity index (χ2n) is 5.78. The molecule has 0 aliphatic carbocycles. The van der Waals surface area contributed by atoms with Gasteiger partial charge in [-0.2, -0.15) is 5.10 Å². The first-order chi connectivity index (χ1) is 13.7. The summed E-state index contributed by atoms with van der Waals surface area (Å²) in [5.74, 6) is 1.40. The third-order valence-corrected chi connectivity index (χ3v) is 4.58. The van der Waals surface area contributed by atoms with E-state index in [1.807, 2.05) is 0 Å². The molecule has 3 aromatic heterocycles. The minimum atomic E-state index is -0.212. The Labute approximate surface area is 167 Å². The van der Waals surface area contributed by atoms with E-state index in [1.165, 1.54) is 0 Å². The number of ether oxygens (including phenoxy) is 1. The van der Waals surface area contributed by atoms with E-state index in [-0.39, 0.29) is 5.91 Å². The number of carbonyl (C=O) groups is 1. The highest BCUT2D eigenvalue weighted by Crippen LogP contribution is 2.24. The maximum atomic E-state index is 12.1. The van der Waals surface area contributed by atoms with Crippen LogP contribution in [0.2, 0.25) is 0 Å². The predicted octanol–water partition coefficient (Wildman–Crippen LogP) is 1.82. The predicted molar refractivity (Wildman–Crippen MR) is 109 cm³/mol. The van der Waals surface area contributed by atoms with Gasteiger partial charge < -0.3 is 15.4 Å². The summed E-state index contributed by atoms with van der Waals surface area (Å²) in [4.78, 5) is 25.4. The quantitative estimate of drug-likeness (QED) is 0.301. The molecule has 0 bridgehead atoms. The standard InChI is InChI=1S/C18H23N7O2S/c1-3-28-18-23-15(20-9-11-27-2)13-12-22-25(16(13)24-18)10-8-21-17(26)14-6-4-5-7-19-14/h4-7,12H,3,8-11H2,1-2H3,(H,21,26)(H,20,23,24). The van der Waals surface area contributed by atoms with Crippen molar-refractivity contribution in [2.24, 2.45) is 0 Å². The second kappa shape index (κ2) is 10.00. The minimum Gasteiger partial charge on any atom is -0.383 e. The molecule has 0 spiro atoms. The summed E-state index contributed by atoms with van der Waals surface area (Å²) < 4.78 is 6.87. The zero-order valence-electron chi connectivity index (χ0n) is 15.9. The normalized spacial score (nSPS) is 10.9. The molecule has 3 aromatic rings. The molecule has 2 N–H and O–H groups in total. The first-order valence-corrected chi connectivity index (χ1v) is 10.00. The summed E-state index contributed by atoms with van der Waals surface area (Å²) in [7, 11) is 1.66. The summed E-state index contributed by atoms with van der Waals surface area (Å²) in [6.45, 7) is 4.19. The number of aromatic nitrogens is 5. The Hall–Kier alpha value is -2.72. The van der Waals surface area contributed by atoms with Gasteiger partial charge in [-0.05, 0) is 17.9 Å². The van der Waals surface area contributed by atoms with Gasteiger partial charge in [0.05, 0.1) is 24.7 Å². The van der Waals surface area contributed by atoms with Gasteiger partial charge in [0.1, 0.15) is 11.5 Å². The van der Waals surface area contributed by atoms with Crippen molar-refractivity contribution < 1.29 is 9.53 Å². The smallest absolute Gasteiger partial charge is 0.269 e. The van der Waals surface area contributed by atoms with E-state index >= 15 is 0 Å². The molecule has 0 radical (unpaired) electrons. The topological polar surface area (TPSA) is 107 Å². The van der Waals surface area contributed by atoms with Gasteiger partial charge in [-0.1, -0.05) is 24.8 Å². The number of fused-ring (bicyclic) bond motifs is 1. The molecule has 1 amide bonds. The molecular weight excluding hydrogens is 378 g/mol. The molecule has 3 heterocycles. The van der Waals surface area contributed by atoms with Crippen molar-refractivity contribution in [3.05, 3.63) is 36.3 Å². The number of anilines is 1. The van der Waals surface area contributed by atoms with Crippen molar-refractivity contribution in [2.45, 2.75) is 18.6 Å². The Morgan fingerprint density at radius 3 is 2.93 bits per heavy atom. The summed E-state index contributed by atoms with van der Waals surface area (Å²) in [5.41, 5.74) is 1.12. The number of thioether (sulfide) groups is 1. The molecule has 0 saturated heterocycles. The van der Waals surface area contributed by atoms with Crippen molar-refractivity contribution in [3.63, 3.8) is 0 Å². The van der Waals surface area contributed by atoms with E-state index in [4.69, 9.17) is 4.74 Å². The molecule has 3 rings (SSSR count). The highest BCUT2D eigenvalue weighted by molar-refractivity contribution is 7.99. The molecule has 0 atom stereocenters. The van der Waals surface area contributed by atoms with Crippen LogP contribution in [0.4, 0.5) is 5.82 Å². The number of pyridine rings is 1. The number of nitrogens with zero attached hydrogens (tertiary/aromatic N) is 5. The first-order valence-electron chi connectivity index (χ1n) is 9.01. The Kier molecular flexibility index (Phi) is 7.15. The van der Waals surface area contributed by atoms with Crippen LogP contribution in [0.1, 0.15) is 17.4 Å². The fourth-order valence-electron chi connectivity index (χ4n) is 2.56. The largest absolute Gasteiger partial charge is 0.383 e. The number of hydrogen-bond acceptors (Lipinski definition) is 8. The third kappa shape index (κ3) is 4.96. The molecule has 10 heteroatoms. The zero-order valence-corrected chi connectivity index (χ0v) is 16.7. The lowest BCUT2D eigenvalue weighted by Crippen LogP contribution is -2.28. The number of amides is 1. The monoisotopic (exact) mass is 401 g/mol. The fraction of sp³-hybridized carbons (Fsp3) is 0.389. The van der Waals surface area contributed by atoms with E-state index in [0.29, 0.717) is 37.1 Å². The van der Waals surface area contributed by atoms with E-state index < -0.39 is 0 Å². The molecule has 0 aliphatic rings. The lowest BCUT2D eigenvalue weighted by molar-refractivity contribution is 0.0947. The molecule has 9 nitrogen and oxygen atoms in total. The highest BCUT2D eigenvalue weighted by Gasteiger charge is 2.13. The van der Waals surface area contributed by atoms with Crippen LogP contribution in [0.3, 0.4) is 0 Å². The van der Waals surface area contributed by atoms with E-state index in [1.54, 1.807) is 54.1 Å². The molecule has 28 heavy (non-hydrogen) atoms. The van der Waals surface area contributed by atoms with Crippen LogP contribution in [-0.4, -0.2) is 63.2 Å². The van der Waals surface area contributed by atoms with Gasteiger partial charge in [-0.3, -0.25) is 9.78 Å². The average molecular weight is 401 g/mol. The summed E-state index contributed by atoms with van der Waals surface area (Å²) in [6.07, 6.45) is 3.34. The van der Waals surface area contributed by atoms with Crippen molar-refractivity contribution in [2.75, 3.05) is 37.9 Å². The molecule has 0 saturated carbocycles. The zero-order chi connectivity index (χ0) is 19.8. The van der Waals surface area contributed by atoms with Gasteiger partial charge in [0.25, 0.3) is 5.91 Å². The maximum absolute atomic E-state index is 12.1. The van der Waals surface area contributed by atoms with Crippen LogP contribution >= 0.6 is 11.8 Å². The highest BCUT2D eigenvalue weighted by atomic mass is 32.2. The summed E-state index contributed by atoms with van der Waals surface area (Å²) in [6, 6.07) is 5.24. The summed E-state index contributed by atoms with van der Waals surface area (Å²) in [5, 5.41) is 12.1. The van der Waals surface area contributed by atoms with E-state index in [9.17, 15) is 4.79 Å². The van der Waals surface area contributed by atoms with Crippen LogP contribution < -0.4 is 10.6 Å². The molecule has 148 valence electrons. The van der Waals surface area contributed by atoms with Gasteiger partial charge in [0.2, 0.25) is 0 Å². The van der Waals surface area contributed by atoms with Gasteiger partial charge in [-0.15, -0.1) is 0 Å².